The van der Waals surface area contributed by atoms with Crippen molar-refractivity contribution in [3.63, 3.8) is 0 Å². The Labute approximate surface area is 184 Å². The molecule has 0 spiro atoms. The predicted octanol–water partition coefficient (Wildman–Crippen LogP) is 4.45. The number of ether oxygens (including phenoxy) is 2. The van der Waals surface area contributed by atoms with Crippen molar-refractivity contribution in [2.75, 3.05) is 33.4 Å². The average Bonchev–Trinajstić information content (AvgIpc) is 3.04. The van der Waals surface area contributed by atoms with Gasteiger partial charge in [0.25, 0.3) is 0 Å². The molecule has 3 aromatic rings. The Bertz CT molecular complexity index is 1100. The second-order valence-electron chi connectivity index (χ2n) is 7.52. The maximum Gasteiger partial charge on any atom is 0.162 e. The van der Waals surface area contributed by atoms with Crippen LogP contribution in [-0.4, -0.2) is 53.8 Å². The van der Waals surface area contributed by atoms with E-state index in [1.54, 1.807) is 14.0 Å². The fraction of sp³-hybridized carbons (Fsp3) is 0.348. The number of carbonyl (C=O) groups excluding carboxylic acids is 1. The summed E-state index contributed by atoms with van der Waals surface area (Å²) < 4.78 is 13.4. The maximum absolute atomic E-state index is 12.7. The number of phenols is 1. The number of halogens is 1. The molecule has 1 N–H and O–H groups in total. The second-order valence-corrected chi connectivity index (χ2v) is 8.37. The molecule has 0 unspecified atom stereocenters. The summed E-state index contributed by atoms with van der Waals surface area (Å²) in [4.78, 5) is 15.0. The first-order valence-corrected chi connectivity index (χ1v) is 10.7. The van der Waals surface area contributed by atoms with Crippen molar-refractivity contribution in [3.8, 4) is 17.2 Å². The molecule has 0 atom stereocenters. The Morgan fingerprint density at radius 1 is 1.23 bits per heavy atom. The monoisotopic (exact) mass is 472 g/mol. The van der Waals surface area contributed by atoms with Crippen LogP contribution in [0, 0.1) is 6.92 Å². The van der Waals surface area contributed by atoms with Crippen LogP contribution < -0.4 is 4.74 Å². The molecule has 0 radical (unpaired) electrons. The molecule has 1 aromatic heterocycles. The summed E-state index contributed by atoms with van der Waals surface area (Å²) in [6.45, 7) is 7.01. The van der Waals surface area contributed by atoms with Gasteiger partial charge in [-0.1, -0.05) is 0 Å². The number of hydrogen-bond donors (Lipinski definition) is 1. The number of methoxy groups -OCH3 is 1. The third-order valence-electron chi connectivity index (χ3n) is 5.69. The van der Waals surface area contributed by atoms with Gasteiger partial charge < -0.3 is 19.1 Å². The number of fused-ring (bicyclic) bond motifs is 1. The Morgan fingerprint density at radius 3 is 2.50 bits per heavy atom. The van der Waals surface area contributed by atoms with Gasteiger partial charge >= 0.3 is 0 Å². The fourth-order valence-corrected chi connectivity index (χ4v) is 4.69. The molecule has 158 valence electrons. The molecule has 30 heavy (non-hydrogen) atoms. The minimum Gasteiger partial charge on any atom is -0.506 e. The second kappa shape index (κ2) is 8.41. The topological polar surface area (TPSA) is 63.9 Å². The van der Waals surface area contributed by atoms with Crippen LogP contribution in [0.15, 0.2) is 34.8 Å². The number of benzene rings is 2. The summed E-state index contributed by atoms with van der Waals surface area (Å²) in [5, 5.41) is 11.7. The van der Waals surface area contributed by atoms with Crippen molar-refractivity contribution in [1.82, 2.24) is 9.47 Å². The number of morpholine rings is 1. The van der Waals surface area contributed by atoms with Gasteiger partial charge in [0, 0.05) is 47.5 Å². The summed E-state index contributed by atoms with van der Waals surface area (Å²) in [5.74, 6) is 0.935. The number of ketones is 1. The molecular weight excluding hydrogens is 448 g/mol. The van der Waals surface area contributed by atoms with E-state index in [2.05, 4.69) is 25.4 Å². The lowest BCUT2D eigenvalue weighted by atomic mass is 10.0. The average molecular weight is 473 g/mol. The molecule has 2 heterocycles. The highest BCUT2D eigenvalue weighted by molar-refractivity contribution is 9.10. The lowest BCUT2D eigenvalue weighted by molar-refractivity contribution is 0.0340. The Hall–Kier alpha value is -2.35. The normalized spacial score (nSPS) is 14.9. The van der Waals surface area contributed by atoms with E-state index in [0.29, 0.717) is 29.8 Å². The van der Waals surface area contributed by atoms with Crippen LogP contribution in [-0.2, 0) is 11.3 Å². The van der Waals surface area contributed by atoms with Crippen LogP contribution in [0.5, 0.6) is 11.5 Å². The number of carbonyl (C=O) groups is 1. The standard InChI is InChI=1S/C23H25BrN2O4/c1-14-21(15(2)27)22-18(13-25-8-10-30-11-9-25)23(28)19(24)12-20(22)26(14)16-4-6-17(29-3)7-5-16/h4-7,12,28H,8-11,13H2,1-3H3. The highest BCUT2D eigenvalue weighted by Crippen LogP contribution is 2.41. The van der Waals surface area contributed by atoms with Crippen molar-refractivity contribution in [2.24, 2.45) is 0 Å². The smallest absolute Gasteiger partial charge is 0.162 e. The molecule has 6 nitrogen and oxygen atoms in total. The number of nitrogens with zero attached hydrogens (tertiary/aromatic N) is 2. The summed E-state index contributed by atoms with van der Waals surface area (Å²) >= 11 is 3.52. The molecule has 0 aliphatic carbocycles. The van der Waals surface area contributed by atoms with Gasteiger partial charge in [-0.05, 0) is 60.1 Å². The van der Waals surface area contributed by atoms with Crippen molar-refractivity contribution >= 4 is 32.6 Å². The van der Waals surface area contributed by atoms with E-state index in [1.165, 1.54) is 0 Å². The van der Waals surface area contributed by atoms with E-state index in [9.17, 15) is 9.90 Å². The first-order chi connectivity index (χ1) is 14.4. The summed E-state index contributed by atoms with van der Waals surface area (Å²) in [6.07, 6.45) is 0. The zero-order valence-corrected chi connectivity index (χ0v) is 19.0. The lowest BCUT2D eigenvalue weighted by Gasteiger charge is -2.27. The predicted molar refractivity (Wildman–Crippen MR) is 120 cm³/mol. The van der Waals surface area contributed by atoms with Gasteiger partial charge in [-0.25, -0.2) is 0 Å². The molecule has 1 aliphatic rings. The van der Waals surface area contributed by atoms with Crippen molar-refractivity contribution < 1.29 is 19.4 Å². The Morgan fingerprint density at radius 2 is 1.90 bits per heavy atom. The zero-order valence-electron chi connectivity index (χ0n) is 17.4. The minimum absolute atomic E-state index is 0.0188. The van der Waals surface area contributed by atoms with Crippen LogP contribution in [0.2, 0.25) is 0 Å². The summed E-state index contributed by atoms with van der Waals surface area (Å²) in [5.41, 5.74) is 4.08. The highest BCUT2D eigenvalue weighted by Gasteiger charge is 2.26. The molecule has 1 saturated heterocycles. The largest absolute Gasteiger partial charge is 0.506 e. The van der Waals surface area contributed by atoms with Crippen molar-refractivity contribution in [1.29, 1.82) is 0 Å². The summed E-state index contributed by atoms with van der Waals surface area (Å²) in [6, 6.07) is 9.63. The SMILES string of the molecule is COc1ccc(-n2c(C)c(C(C)=O)c3c(CN4CCOCC4)c(O)c(Br)cc32)cc1. The zero-order chi connectivity index (χ0) is 21.4. The summed E-state index contributed by atoms with van der Waals surface area (Å²) in [7, 11) is 1.64. The molecular formula is C23H25BrN2O4. The molecule has 1 fully saturated rings. The number of aromatic hydroxyl groups is 1. The van der Waals surface area contributed by atoms with Gasteiger partial charge in [0.2, 0.25) is 0 Å². The van der Waals surface area contributed by atoms with Crippen molar-refractivity contribution in [2.45, 2.75) is 20.4 Å². The van der Waals surface area contributed by atoms with E-state index in [1.807, 2.05) is 37.3 Å². The van der Waals surface area contributed by atoms with Crippen LogP contribution in [0.1, 0.15) is 28.5 Å². The van der Waals surface area contributed by atoms with Gasteiger partial charge in [0.1, 0.15) is 11.5 Å². The number of aromatic nitrogens is 1. The molecule has 0 bridgehead atoms. The van der Waals surface area contributed by atoms with Gasteiger partial charge in [-0.3, -0.25) is 9.69 Å². The van der Waals surface area contributed by atoms with Crippen LogP contribution >= 0.6 is 15.9 Å². The minimum atomic E-state index is -0.0188. The van der Waals surface area contributed by atoms with Gasteiger partial charge in [0.15, 0.2) is 5.78 Å². The number of phenolic OH excluding ortho intramolecular Hbond substituents is 1. The van der Waals surface area contributed by atoms with Crippen LogP contribution in [0.3, 0.4) is 0 Å². The molecule has 0 amide bonds. The number of hydrogen-bond acceptors (Lipinski definition) is 5. The van der Waals surface area contributed by atoms with E-state index >= 15 is 0 Å². The first-order valence-electron chi connectivity index (χ1n) is 9.93. The number of Topliss-reactive ketones (excluding diaryl/α,β-unsaturated/α-hetero) is 1. The Balaban J connectivity index is 1.97. The third kappa shape index (κ3) is 3.62. The third-order valence-corrected chi connectivity index (χ3v) is 6.29. The molecule has 7 heteroatoms. The van der Waals surface area contributed by atoms with Crippen LogP contribution in [0.4, 0.5) is 0 Å². The quantitative estimate of drug-likeness (QED) is 0.555. The van der Waals surface area contributed by atoms with Crippen LogP contribution in [0.25, 0.3) is 16.6 Å². The van der Waals surface area contributed by atoms with Gasteiger partial charge in [-0.2, -0.15) is 0 Å². The Kier molecular flexibility index (Phi) is 5.86. The van der Waals surface area contributed by atoms with E-state index in [0.717, 1.165) is 46.7 Å². The van der Waals surface area contributed by atoms with E-state index in [-0.39, 0.29) is 11.5 Å². The molecule has 0 saturated carbocycles. The van der Waals surface area contributed by atoms with Gasteiger partial charge in [-0.15, -0.1) is 0 Å². The fourth-order valence-electron chi connectivity index (χ4n) is 4.24. The number of rotatable bonds is 5. The van der Waals surface area contributed by atoms with E-state index < -0.39 is 0 Å². The van der Waals surface area contributed by atoms with Gasteiger partial charge in [0.05, 0.1) is 30.3 Å². The lowest BCUT2D eigenvalue weighted by Crippen LogP contribution is -2.35. The highest BCUT2D eigenvalue weighted by atomic mass is 79.9. The maximum atomic E-state index is 12.7. The molecule has 2 aromatic carbocycles. The van der Waals surface area contributed by atoms with E-state index in [4.69, 9.17) is 9.47 Å². The molecule has 1 aliphatic heterocycles. The molecule has 4 rings (SSSR count). The first kappa shape index (κ1) is 20.9. The van der Waals surface area contributed by atoms with Crippen molar-refractivity contribution in [3.05, 3.63) is 51.6 Å².